The largest absolute Gasteiger partial charge is 0.508 e. The smallest absolute Gasteiger partial charge is 0.417 e. The lowest BCUT2D eigenvalue weighted by Crippen LogP contribution is -2.49. The van der Waals surface area contributed by atoms with Gasteiger partial charge in [-0.2, -0.15) is 18.3 Å². The standard InChI is InChI=1S/C32H39F3N6O3S/c33-32(34,35)27-7-6-22(16-29(27)45-21-30(44)40-10-1-2-11-40)31-26-18-36-9-8-28(26)41(37-31)20-25(43)19-38-12-14-39(15-13-38)23-4-3-5-24(42)17-23/h3-7,16-17,25,36,42-43H,1-2,8-15,18-21H2. The average molecular weight is 645 g/mol. The summed E-state index contributed by atoms with van der Waals surface area (Å²) in [6.45, 7) is 6.45. The van der Waals surface area contributed by atoms with Crippen LogP contribution in [-0.4, -0.2) is 99.9 Å². The molecule has 0 aliphatic carbocycles. The van der Waals surface area contributed by atoms with Gasteiger partial charge in [-0.3, -0.25) is 14.4 Å². The van der Waals surface area contributed by atoms with Crippen LogP contribution in [0.2, 0.25) is 0 Å². The highest BCUT2D eigenvalue weighted by atomic mass is 32.2. The number of amides is 1. The van der Waals surface area contributed by atoms with Gasteiger partial charge in [-0.15, -0.1) is 11.8 Å². The number of anilines is 1. The van der Waals surface area contributed by atoms with E-state index in [0.29, 0.717) is 43.9 Å². The molecule has 2 fully saturated rings. The van der Waals surface area contributed by atoms with Gasteiger partial charge in [0.2, 0.25) is 5.91 Å². The topological polar surface area (TPSA) is 97.1 Å². The maximum atomic E-state index is 14.0. The molecule has 45 heavy (non-hydrogen) atoms. The number of benzene rings is 2. The zero-order chi connectivity index (χ0) is 31.6. The number of likely N-dealkylation sites (tertiary alicyclic amines) is 1. The fourth-order valence-electron chi connectivity index (χ4n) is 6.46. The molecule has 242 valence electrons. The summed E-state index contributed by atoms with van der Waals surface area (Å²) in [5, 5.41) is 29.1. The summed E-state index contributed by atoms with van der Waals surface area (Å²) in [5.41, 5.74) is 3.30. The van der Waals surface area contributed by atoms with Gasteiger partial charge in [0.15, 0.2) is 0 Å². The van der Waals surface area contributed by atoms with E-state index in [1.165, 1.54) is 12.1 Å². The van der Waals surface area contributed by atoms with Gasteiger partial charge in [0.25, 0.3) is 0 Å². The summed E-state index contributed by atoms with van der Waals surface area (Å²) >= 11 is 0.929. The number of carbonyl (C=O) groups is 1. The zero-order valence-electron chi connectivity index (χ0n) is 25.1. The number of aromatic hydroxyl groups is 1. The van der Waals surface area contributed by atoms with Crippen LogP contribution in [0.4, 0.5) is 18.9 Å². The number of fused-ring (bicyclic) bond motifs is 1. The van der Waals surface area contributed by atoms with E-state index in [9.17, 15) is 28.2 Å². The van der Waals surface area contributed by atoms with Crippen molar-refractivity contribution in [2.75, 3.05) is 63.0 Å². The fraction of sp³-hybridized carbons (Fsp3) is 0.500. The molecule has 0 saturated carbocycles. The molecule has 4 heterocycles. The minimum absolute atomic E-state index is 0.0181. The first-order valence-electron chi connectivity index (χ1n) is 15.5. The molecule has 2 saturated heterocycles. The Balaban J connectivity index is 1.16. The zero-order valence-corrected chi connectivity index (χ0v) is 25.9. The molecular formula is C32H39F3N6O3S. The van der Waals surface area contributed by atoms with Crippen LogP contribution in [0.15, 0.2) is 47.4 Å². The van der Waals surface area contributed by atoms with Crippen LogP contribution in [0.5, 0.6) is 5.75 Å². The third-order valence-corrected chi connectivity index (χ3v) is 9.84. The van der Waals surface area contributed by atoms with Crippen LogP contribution in [0.25, 0.3) is 11.3 Å². The number of halogens is 3. The van der Waals surface area contributed by atoms with Crippen LogP contribution < -0.4 is 10.2 Å². The van der Waals surface area contributed by atoms with Crippen LogP contribution >= 0.6 is 11.8 Å². The molecule has 3 aliphatic heterocycles. The average Bonchev–Trinajstić information content (AvgIpc) is 3.69. The second-order valence-corrected chi connectivity index (χ2v) is 12.9. The van der Waals surface area contributed by atoms with E-state index in [1.54, 1.807) is 17.0 Å². The first-order chi connectivity index (χ1) is 21.7. The minimum atomic E-state index is -4.55. The lowest BCUT2D eigenvalue weighted by Gasteiger charge is -2.37. The van der Waals surface area contributed by atoms with E-state index in [2.05, 4.69) is 15.1 Å². The van der Waals surface area contributed by atoms with E-state index in [0.717, 1.165) is 80.3 Å². The van der Waals surface area contributed by atoms with Gasteiger partial charge in [0.05, 0.1) is 29.7 Å². The number of nitrogens with one attached hydrogen (secondary N) is 1. The van der Waals surface area contributed by atoms with Crippen molar-refractivity contribution in [1.82, 2.24) is 24.9 Å². The number of phenolic OH excluding ortho intramolecular Hbond substituents is 1. The van der Waals surface area contributed by atoms with E-state index in [-0.39, 0.29) is 28.8 Å². The molecule has 3 N–H and O–H groups in total. The highest BCUT2D eigenvalue weighted by Gasteiger charge is 2.35. The number of aromatic nitrogens is 2. The molecule has 13 heteroatoms. The highest BCUT2D eigenvalue weighted by molar-refractivity contribution is 8.00. The molecule has 1 atom stereocenters. The van der Waals surface area contributed by atoms with Crippen molar-refractivity contribution in [3.05, 3.63) is 59.3 Å². The van der Waals surface area contributed by atoms with Crippen molar-refractivity contribution in [2.24, 2.45) is 0 Å². The van der Waals surface area contributed by atoms with Gasteiger partial charge < -0.3 is 25.3 Å². The fourth-order valence-corrected chi connectivity index (χ4v) is 7.47. The lowest BCUT2D eigenvalue weighted by atomic mass is 10.0. The third-order valence-electron chi connectivity index (χ3n) is 8.80. The molecule has 0 radical (unpaired) electrons. The van der Waals surface area contributed by atoms with Gasteiger partial charge in [0, 0.05) is 98.8 Å². The number of nitrogens with zero attached hydrogens (tertiary/aromatic N) is 5. The number of phenols is 1. The molecule has 1 aromatic heterocycles. The van der Waals surface area contributed by atoms with Gasteiger partial charge in [-0.1, -0.05) is 12.1 Å². The number of β-amino-alcohol motifs (C(OH)–C–C–N with tert-alkyl or cyclic N) is 1. The van der Waals surface area contributed by atoms with Crippen molar-refractivity contribution in [3.63, 3.8) is 0 Å². The molecule has 6 rings (SSSR count). The summed E-state index contributed by atoms with van der Waals surface area (Å²) in [7, 11) is 0. The number of hydrogen-bond donors (Lipinski definition) is 3. The summed E-state index contributed by atoms with van der Waals surface area (Å²) in [6.07, 6.45) is -2.68. The number of aliphatic hydroxyl groups excluding tert-OH is 1. The Hall–Kier alpha value is -3.26. The van der Waals surface area contributed by atoms with Gasteiger partial charge >= 0.3 is 6.18 Å². The van der Waals surface area contributed by atoms with Crippen LogP contribution in [0, 0.1) is 0 Å². The van der Waals surface area contributed by atoms with Crippen molar-refractivity contribution in [2.45, 2.75) is 49.5 Å². The van der Waals surface area contributed by atoms with Crippen LogP contribution in [-0.2, 0) is 30.5 Å². The molecule has 1 unspecified atom stereocenters. The number of hydrogen-bond acceptors (Lipinski definition) is 8. The van der Waals surface area contributed by atoms with Crippen molar-refractivity contribution < 1.29 is 28.2 Å². The second-order valence-electron chi connectivity index (χ2n) is 11.9. The first kappa shape index (κ1) is 31.7. The predicted molar refractivity (Wildman–Crippen MR) is 167 cm³/mol. The quantitative estimate of drug-likeness (QED) is 0.303. The first-order valence-corrected chi connectivity index (χ1v) is 16.5. The Kier molecular flexibility index (Phi) is 9.60. The number of carbonyl (C=O) groups excluding carboxylic acids is 1. The minimum Gasteiger partial charge on any atom is -0.508 e. The highest BCUT2D eigenvalue weighted by Crippen LogP contribution is 2.40. The second kappa shape index (κ2) is 13.6. The maximum Gasteiger partial charge on any atom is 0.417 e. The van der Waals surface area contributed by atoms with Crippen molar-refractivity contribution >= 4 is 23.4 Å². The number of aliphatic hydroxyl groups is 1. The maximum absolute atomic E-state index is 14.0. The number of thioether (sulfide) groups is 1. The molecule has 3 aromatic rings. The Bertz CT molecular complexity index is 1500. The SMILES string of the molecule is O=C(CSc1cc(-c2nn(CC(O)CN3CCN(c4cccc(O)c4)CC3)c3c2CNCC3)ccc1C(F)(F)F)N1CCCC1. The molecular weight excluding hydrogens is 605 g/mol. The van der Waals surface area contributed by atoms with Gasteiger partial charge in [0.1, 0.15) is 5.75 Å². The molecule has 3 aliphatic rings. The van der Waals surface area contributed by atoms with Gasteiger partial charge in [-0.05, 0) is 37.1 Å². The molecule has 1 amide bonds. The number of rotatable bonds is 9. The normalized spacial score (nSPS) is 18.3. The summed E-state index contributed by atoms with van der Waals surface area (Å²) in [5.74, 6) is 0.0487. The van der Waals surface area contributed by atoms with Crippen molar-refractivity contribution in [3.8, 4) is 17.0 Å². The molecule has 0 bridgehead atoms. The molecule has 2 aromatic carbocycles. The molecule has 9 nitrogen and oxygen atoms in total. The number of piperazine rings is 1. The van der Waals surface area contributed by atoms with Gasteiger partial charge in [-0.25, -0.2) is 0 Å². The monoisotopic (exact) mass is 644 g/mol. The summed E-state index contributed by atoms with van der Waals surface area (Å²) < 4.78 is 43.7. The third kappa shape index (κ3) is 7.43. The van der Waals surface area contributed by atoms with E-state index >= 15 is 0 Å². The van der Waals surface area contributed by atoms with E-state index < -0.39 is 17.8 Å². The summed E-state index contributed by atoms with van der Waals surface area (Å²) in [6, 6.07) is 11.3. The number of alkyl halides is 3. The van der Waals surface area contributed by atoms with E-state index in [1.807, 2.05) is 16.8 Å². The van der Waals surface area contributed by atoms with Crippen LogP contribution in [0.1, 0.15) is 29.7 Å². The Morgan fingerprint density at radius 2 is 1.80 bits per heavy atom. The Morgan fingerprint density at radius 1 is 1.02 bits per heavy atom. The lowest BCUT2D eigenvalue weighted by molar-refractivity contribution is -0.139. The van der Waals surface area contributed by atoms with Crippen molar-refractivity contribution in [1.29, 1.82) is 0 Å². The van der Waals surface area contributed by atoms with Crippen LogP contribution in [0.3, 0.4) is 0 Å². The Labute approximate surface area is 265 Å². The molecule has 0 spiro atoms. The Morgan fingerprint density at radius 3 is 2.53 bits per heavy atom. The van der Waals surface area contributed by atoms with E-state index in [4.69, 9.17) is 5.10 Å². The predicted octanol–water partition coefficient (Wildman–Crippen LogP) is 3.82. The summed E-state index contributed by atoms with van der Waals surface area (Å²) in [4.78, 5) is 18.8.